The van der Waals surface area contributed by atoms with Gasteiger partial charge in [0.25, 0.3) is 0 Å². The summed E-state index contributed by atoms with van der Waals surface area (Å²) in [5, 5.41) is 54.1. The van der Waals surface area contributed by atoms with Crippen molar-refractivity contribution in [2.75, 3.05) is 19.8 Å². The second kappa shape index (κ2) is 47.2. The van der Waals surface area contributed by atoms with Crippen LogP contribution in [-0.4, -0.2) is 100 Å². The molecule has 1 aliphatic rings. The zero-order chi connectivity index (χ0) is 49.6. The van der Waals surface area contributed by atoms with Crippen LogP contribution in [0.15, 0.2) is 36.5 Å². The van der Waals surface area contributed by atoms with Crippen molar-refractivity contribution in [2.45, 2.75) is 294 Å². The van der Waals surface area contributed by atoms with E-state index in [1.165, 1.54) is 148 Å². The van der Waals surface area contributed by atoms with E-state index in [2.05, 4.69) is 43.5 Å². The molecule has 6 N–H and O–H groups in total. The predicted molar refractivity (Wildman–Crippen MR) is 278 cm³/mol. The van der Waals surface area contributed by atoms with Gasteiger partial charge >= 0.3 is 5.97 Å². The van der Waals surface area contributed by atoms with Gasteiger partial charge in [-0.2, -0.15) is 0 Å². The average Bonchev–Trinajstić information content (AvgIpc) is 3.33. The first-order valence-electron chi connectivity index (χ1n) is 28.3. The number of rotatable bonds is 48. The number of nitrogens with one attached hydrogen (secondary N) is 1. The lowest BCUT2D eigenvalue weighted by atomic mass is 9.99. The number of ether oxygens (including phenoxy) is 3. The summed E-state index contributed by atoms with van der Waals surface area (Å²) in [6.07, 6.45) is 46.6. The van der Waals surface area contributed by atoms with Crippen LogP contribution in [0.25, 0.3) is 0 Å². The quantitative estimate of drug-likeness (QED) is 0.0196. The van der Waals surface area contributed by atoms with E-state index in [1.807, 2.05) is 6.08 Å². The Morgan fingerprint density at radius 3 is 1.50 bits per heavy atom. The number of aliphatic hydroxyl groups is 5. The molecule has 0 spiro atoms. The van der Waals surface area contributed by atoms with Crippen molar-refractivity contribution in [3.63, 3.8) is 0 Å². The van der Waals surface area contributed by atoms with Crippen LogP contribution in [0.3, 0.4) is 0 Å². The molecular weight excluding hydrogens is 859 g/mol. The van der Waals surface area contributed by atoms with Crippen LogP contribution in [0.1, 0.15) is 251 Å². The number of carbonyl (C=O) groups is 2. The smallest absolute Gasteiger partial charge is 0.305 e. The second-order valence-electron chi connectivity index (χ2n) is 19.6. The van der Waals surface area contributed by atoms with Crippen LogP contribution in [0.2, 0.25) is 0 Å². The molecule has 0 saturated carbocycles. The Kier molecular flexibility index (Phi) is 44.4. The highest BCUT2D eigenvalue weighted by Crippen LogP contribution is 2.23. The van der Waals surface area contributed by atoms with Crippen molar-refractivity contribution < 1.29 is 49.3 Å². The Hall–Kier alpha value is -2.12. The molecule has 0 aromatic rings. The molecular formula is C57H105NO10. The van der Waals surface area contributed by atoms with E-state index in [1.54, 1.807) is 6.08 Å². The molecule has 0 aliphatic carbocycles. The fraction of sp³-hybridized carbons (Fsp3) is 0.860. The van der Waals surface area contributed by atoms with Gasteiger partial charge in [0.15, 0.2) is 6.29 Å². The zero-order valence-corrected chi connectivity index (χ0v) is 43.6. The minimum Gasteiger partial charge on any atom is -0.466 e. The molecule has 0 aromatic heterocycles. The maximum atomic E-state index is 13.0. The number of aliphatic hydroxyl groups excluding tert-OH is 5. The third kappa shape index (κ3) is 36.8. The highest BCUT2D eigenvalue weighted by molar-refractivity contribution is 5.76. The van der Waals surface area contributed by atoms with Gasteiger partial charge in [0.05, 0.1) is 32.0 Å². The molecule has 7 atom stereocenters. The summed E-state index contributed by atoms with van der Waals surface area (Å²) < 4.78 is 16.7. The molecule has 1 aliphatic heterocycles. The van der Waals surface area contributed by atoms with E-state index in [0.29, 0.717) is 19.4 Å². The van der Waals surface area contributed by atoms with Gasteiger partial charge in [0.1, 0.15) is 24.4 Å². The summed E-state index contributed by atoms with van der Waals surface area (Å²) in [5.74, 6) is -0.233. The highest BCUT2D eigenvalue weighted by Gasteiger charge is 2.44. The Labute approximate surface area is 415 Å². The monoisotopic (exact) mass is 964 g/mol. The SMILES string of the molecule is CCCCCC/C=C\C/C=C\CCCCCCCCCC(=O)OCCCCCCCCCCCCCCCC(=O)NC(COC1OC(CO)C(O)C(O)C1O)C(O)/C=C/CCCCCCCCC. The summed E-state index contributed by atoms with van der Waals surface area (Å²) in [5.41, 5.74) is 0. The molecule has 0 bridgehead atoms. The van der Waals surface area contributed by atoms with Crippen LogP contribution in [-0.2, 0) is 23.8 Å². The van der Waals surface area contributed by atoms with Crippen LogP contribution in [0.4, 0.5) is 0 Å². The summed E-state index contributed by atoms with van der Waals surface area (Å²) >= 11 is 0. The van der Waals surface area contributed by atoms with Gasteiger partial charge in [0.2, 0.25) is 5.91 Å². The standard InChI is InChI=1S/C57H105NO10/c1-3-5-7-9-11-13-14-15-16-17-18-19-22-25-29-33-37-41-45-53(62)66-46-42-38-34-30-26-23-20-21-24-28-32-36-40-44-52(61)58-49(50(60)43-39-35-31-27-12-10-8-6-4-2)48-67-57-56(65)55(64)54(63)51(47-59)68-57/h13-14,16-17,39,43,49-51,54-57,59-60,63-65H,3-12,15,18-38,40-42,44-48H2,1-2H3,(H,58,61)/b14-13-,17-16-,43-39+. The lowest BCUT2D eigenvalue weighted by Gasteiger charge is -2.40. The maximum Gasteiger partial charge on any atom is 0.305 e. The summed E-state index contributed by atoms with van der Waals surface area (Å²) in [6.45, 7) is 4.24. The Morgan fingerprint density at radius 2 is 0.985 bits per heavy atom. The second-order valence-corrected chi connectivity index (χ2v) is 19.6. The molecule has 398 valence electrons. The molecule has 68 heavy (non-hydrogen) atoms. The number of allylic oxidation sites excluding steroid dienone is 5. The van der Waals surface area contributed by atoms with Crippen LogP contribution in [0, 0.1) is 0 Å². The van der Waals surface area contributed by atoms with Crippen molar-refractivity contribution in [3.05, 3.63) is 36.5 Å². The number of amides is 1. The fourth-order valence-corrected chi connectivity index (χ4v) is 8.70. The molecule has 11 nitrogen and oxygen atoms in total. The average molecular weight is 964 g/mol. The van der Waals surface area contributed by atoms with E-state index in [9.17, 15) is 35.1 Å². The molecule has 0 radical (unpaired) electrons. The highest BCUT2D eigenvalue weighted by atomic mass is 16.7. The van der Waals surface area contributed by atoms with Gasteiger partial charge in [-0.3, -0.25) is 9.59 Å². The van der Waals surface area contributed by atoms with Gasteiger partial charge < -0.3 is 45.1 Å². The summed E-state index contributed by atoms with van der Waals surface area (Å²) in [6, 6.07) is -0.819. The predicted octanol–water partition coefficient (Wildman–Crippen LogP) is 12.3. The van der Waals surface area contributed by atoms with Gasteiger partial charge in [-0.15, -0.1) is 0 Å². The normalized spacial score (nSPS) is 19.7. The lowest BCUT2D eigenvalue weighted by molar-refractivity contribution is -0.302. The molecule has 11 heteroatoms. The van der Waals surface area contributed by atoms with Crippen LogP contribution < -0.4 is 5.32 Å². The van der Waals surface area contributed by atoms with Crippen molar-refractivity contribution in [1.82, 2.24) is 5.32 Å². The third-order valence-electron chi connectivity index (χ3n) is 13.2. The molecule has 0 aromatic carbocycles. The Bertz CT molecular complexity index is 1230. The largest absolute Gasteiger partial charge is 0.466 e. The van der Waals surface area contributed by atoms with Crippen molar-refractivity contribution in [3.8, 4) is 0 Å². The third-order valence-corrected chi connectivity index (χ3v) is 13.2. The number of hydrogen-bond acceptors (Lipinski definition) is 10. The number of hydrogen-bond donors (Lipinski definition) is 6. The Balaban J connectivity index is 2.06. The first-order chi connectivity index (χ1) is 33.2. The van der Waals surface area contributed by atoms with Gasteiger partial charge in [-0.25, -0.2) is 0 Å². The van der Waals surface area contributed by atoms with Gasteiger partial charge in [-0.1, -0.05) is 211 Å². The van der Waals surface area contributed by atoms with E-state index >= 15 is 0 Å². The van der Waals surface area contributed by atoms with E-state index in [4.69, 9.17) is 14.2 Å². The van der Waals surface area contributed by atoms with E-state index in [-0.39, 0.29) is 18.5 Å². The van der Waals surface area contributed by atoms with Crippen LogP contribution in [0.5, 0.6) is 0 Å². The Morgan fingerprint density at radius 1 is 0.544 bits per heavy atom. The number of esters is 1. The topological polar surface area (TPSA) is 175 Å². The number of unbranched alkanes of at least 4 members (excludes halogenated alkanes) is 30. The first-order valence-corrected chi connectivity index (χ1v) is 28.3. The zero-order valence-electron chi connectivity index (χ0n) is 43.6. The molecule has 1 amide bonds. The van der Waals surface area contributed by atoms with Crippen molar-refractivity contribution in [2.24, 2.45) is 0 Å². The minimum absolute atomic E-state index is 0.0356. The molecule has 1 heterocycles. The minimum atomic E-state index is -1.58. The van der Waals surface area contributed by atoms with Crippen molar-refractivity contribution >= 4 is 11.9 Å². The molecule has 1 saturated heterocycles. The van der Waals surface area contributed by atoms with E-state index < -0.39 is 49.5 Å². The summed E-state index contributed by atoms with van der Waals surface area (Å²) in [4.78, 5) is 25.1. The van der Waals surface area contributed by atoms with E-state index in [0.717, 1.165) is 77.0 Å². The van der Waals surface area contributed by atoms with Gasteiger partial charge in [-0.05, 0) is 64.2 Å². The molecule has 1 rings (SSSR count). The van der Waals surface area contributed by atoms with Crippen LogP contribution >= 0.6 is 0 Å². The summed E-state index contributed by atoms with van der Waals surface area (Å²) in [7, 11) is 0. The first kappa shape index (κ1) is 63.9. The molecule has 1 fully saturated rings. The van der Waals surface area contributed by atoms with Gasteiger partial charge in [0, 0.05) is 12.8 Å². The molecule has 7 unspecified atom stereocenters. The number of carbonyl (C=O) groups excluding carboxylic acids is 2. The lowest BCUT2D eigenvalue weighted by Crippen LogP contribution is -2.60. The van der Waals surface area contributed by atoms with Crippen molar-refractivity contribution in [1.29, 1.82) is 0 Å². The maximum absolute atomic E-state index is 13.0. The fourth-order valence-electron chi connectivity index (χ4n) is 8.70.